The minimum absolute atomic E-state index is 0.0174. The van der Waals surface area contributed by atoms with Gasteiger partial charge in [0.1, 0.15) is 10.4 Å². The summed E-state index contributed by atoms with van der Waals surface area (Å²) in [6.07, 6.45) is 1.54. The van der Waals surface area contributed by atoms with Crippen LogP contribution in [0.5, 0.6) is 5.75 Å². The largest absolute Gasteiger partial charge is 0.497 e. The first kappa shape index (κ1) is 21.7. The molecule has 8 heteroatoms. The number of amides is 1. The van der Waals surface area contributed by atoms with Gasteiger partial charge in [0.25, 0.3) is 5.56 Å². The summed E-state index contributed by atoms with van der Waals surface area (Å²) >= 11 is 2.97. The number of carbonyl (C=O) groups is 1. The van der Waals surface area contributed by atoms with Gasteiger partial charge in [0.15, 0.2) is 5.16 Å². The first-order valence-corrected chi connectivity index (χ1v) is 12.6. The number of carbonyl (C=O) groups excluding carboxylic acids is 1. The number of fused-ring (bicyclic) bond motifs is 1. The smallest absolute Gasteiger partial charge is 0.272 e. The molecular formula is C25H23N3O3S2. The molecule has 0 N–H and O–H groups in total. The number of aromatic nitrogens is 2. The van der Waals surface area contributed by atoms with Gasteiger partial charge in [-0.2, -0.15) is 0 Å². The highest BCUT2D eigenvalue weighted by Gasteiger charge is 2.21. The third-order valence-electron chi connectivity index (χ3n) is 5.72. The molecule has 0 aliphatic carbocycles. The Labute approximate surface area is 199 Å². The number of thiophene rings is 1. The molecule has 0 spiro atoms. The quantitative estimate of drug-likeness (QED) is 0.279. The van der Waals surface area contributed by atoms with E-state index >= 15 is 0 Å². The van der Waals surface area contributed by atoms with Crippen LogP contribution in [0.1, 0.15) is 24.0 Å². The topological polar surface area (TPSA) is 64.4 Å². The lowest BCUT2D eigenvalue weighted by molar-refractivity contribution is -0.117. The standard InChI is InChI=1S/C25H23N3O3S2/c1-31-20-10-6-17(7-11-20)15-28-24(30)23-21(12-14-32-23)26-25(28)33-16-18-4-8-19(9-5-18)27-13-2-3-22(27)29/h4-12,14H,2-3,13,15-16H2,1H3. The van der Waals surface area contributed by atoms with E-state index in [0.29, 0.717) is 28.6 Å². The second-order valence-corrected chi connectivity index (χ2v) is 9.73. The highest BCUT2D eigenvalue weighted by molar-refractivity contribution is 7.98. The molecule has 0 saturated carbocycles. The fraction of sp³-hybridized carbons (Fsp3) is 0.240. The zero-order valence-corrected chi connectivity index (χ0v) is 19.8. The van der Waals surface area contributed by atoms with Gasteiger partial charge in [0.2, 0.25) is 5.91 Å². The Morgan fingerprint density at radius 3 is 2.48 bits per heavy atom. The van der Waals surface area contributed by atoms with Crippen LogP contribution in [0.4, 0.5) is 5.69 Å². The van der Waals surface area contributed by atoms with Crippen molar-refractivity contribution in [2.24, 2.45) is 0 Å². The molecule has 1 aliphatic heterocycles. The molecule has 4 aromatic rings. The molecule has 2 aromatic carbocycles. The van der Waals surface area contributed by atoms with Gasteiger partial charge in [-0.05, 0) is 53.3 Å². The van der Waals surface area contributed by atoms with Crippen LogP contribution in [0, 0.1) is 0 Å². The lowest BCUT2D eigenvalue weighted by Crippen LogP contribution is -2.23. The van der Waals surface area contributed by atoms with Crippen molar-refractivity contribution in [2.75, 3.05) is 18.6 Å². The second-order valence-electron chi connectivity index (χ2n) is 7.87. The van der Waals surface area contributed by atoms with E-state index in [-0.39, 0.29) is 11.5 Å². The van der Waals surface area contributed by atoms with Crippen LogP contribution in [0.2, 0.25) is 0 Å². The summed E-state index contributed by atoms with van der Waals surface area (Å²) in [6, 6.07) is 17.7. The zero-order chi connectivity index (χ0) is 22.8. The molecule has 2 aromatic heterocycles. The third-order valence-corrected chi connectivity index (χ3v) is 7.66. The van der Waals surface area contributed by atoms with E-state index in [0.717, 1.165) is 41.0 Å². The number of rotatable bonds is 7. The van der Waals surface area contributed by atoms with Gasteiger partial charge in [0.05, 0.1) is 19.2 Å². The Kier molecular flexibility index (Phi) is 6.20. The van der Waals surface area contributed by atoms with Gasteiger partial charge in [-0.3, -0.25) is 14.2 Å². The van der Waals surface area contributed by atoms with E-state index in [1.54, 1.807) is 23.4 Å². The Morgan fingerprint density at radius 1 is 1.03 bits per heavy atom. The van der Waals surface area contributed by atoms with Crippen molar-refractivity contribution >= 4 is 44.9 Å². The summed E-state index contributed by atoms with van der Waals surface area (Å²) in [4.78, 5) is 31.8. The molecule has 0 unspecified atom stereocenters. The number of hydrogen-bond donors (Lipinski definition) is 0. The summed E-state index contributed by atoms with van der Waals surface area (Å²) in [5.74, 6) is 1.65. The lowest BCUT2D eigenvalue weighted by Gasteiger charge is -2.16. The van der Waals surface area contributed by atoms with Gasteiger partial charge in [-0.1, -0.05) is 36.0 Å². The van der Waals surface area contributed by atoms with E-state index in [2.05, 4.69) is 0 Å². The lowest BCUT2D eigenvalue weighted by atomic mass is 10.2. The Morgan fingerprint density at radius 2 is 1.79 bits per heavy atom. The van der Waals surface area contributed by atoms with Gasteiger partial charge in [-0.25, -0.2) is 4.98 Å². The number of benzene rings is 2. The SMILES string of the molecule is COc1ccc(Cn2c(SCc3ccc(N4CCCC4=O)cc3)nc3ccsc3c2=O)cc1. The summed E-state index contributed by atoms with van der Waals surface area (Å²) in [5.41, 5.74) is 3.79. The number of methoxy groups -OCH3 is 1. The van der Waals surface area contributed by atoms with Gasteiger partial charge in [-0.15, -0.1) is 11.3 Å². The highest BCUT2D eigenvalue weighted by Crippen LogP contribution is 2.27. The Hall–Kier alpha value is -3.10. The van der Waals surface area contributed by atoms with Crippen LogP contribution in [-0.4, -0.2) is 29.1 Å². The van der Waals surface area contributed by atoms with E-state index in [1.807, 2.05) is 64.9 Å². The highest BCUT2D eigenvalue weighted by atomic mass is 32.2. The van der Waals surface area contributed by atoms with Gasteiger partial charge in [0, 0.05) is 24.4 Å². The molecule has 5 rings (SSSR count). The molecule has 33 heavy (non-hydrogen) atoms. The summed E-state index contributed by atoms with van der Waals surface area (Å²) in [5, 5.41) is 2.60. The summed E-state index contributed by atoms with van der Waals surface area (Å²) in [7, 11) is 1.64. The molecule has 168 valence electrons. The fourth-order valence-electron chi connectivity index (χ4n) is 3.93. The minimum atomic E-state index is -0.0174. The molecule has 0 bridgehead atoms. The van der Waals surface area contributed by atoms with Crippen LogP contribution in [0.3, 0.4) is 0 Å². The predicted octanol–water partition coefficient (Wildman–Crippen LogP) is 4.93. The number of ether oxygens (including phenoxy) is 1. The first-order chi connectivity index (χ1) is 16.1. The summed E-state index contributed by atoms with van der Waals surface area (Å²) < 4.78 is 7.67. The monoisotopic (exact) mass is 477 g/mol. The van der Waals surface area contributed by atoms with Crippen molar-refractivity contribution in [2.45, 2.75) is 30.3 Å². The Balaban J connectivity index is 1.39. The number of anilines is 1. The predicted molar refractivity (Wildman–Crippen MR) is 134 cm³/mol. The maximum atomic E-state index is 13.2. The van der Waals surface area contributed by atoms with Crippen molar-refractivity contribution in [3.05, 3.63) is 81.5 Å². The molecule has 6 nitrogen and oxygen atoms in total. The number of nitrogens with zero attached hydrogens (tertiary/aromatic N) is 3. The average Bonchev–Trinajstić information content (AvgIpc) is 3.49. The van der Waals surface area contributed by atoms with Gasteiger partial charge >= 0.3 is 0 Å². The average molecular weight is 478 g/mol. The van der Waals surface area contributed by atoms with Crippen molar-refractivity contribution in [1.29, 1.82) is 0 Å². The van der Waals surface area contributed by atoms with E-state index in [1.165, 1.54) is 11.3 Å². The molecule has 1 aliphatic rings. The zero-order valence-electron chi connectivity index (χ0n) is 18.2. The maximum Gasteiger partial charge on any atom is 0.272 e. The molecule has 1 saturated heterocycles. The molecule has 3 heterocycles. The third kappa shape index (κ3) is 4.54. The molecule has 0 radical (unpaired) electrons. The van der Waals surface area contributed by atoms with Crippen molar-refractivity contribution in [3.8, 4) is 5.75 Å². The van der Waals surface area contributed by atoms with Gasteiger partial charge < -0.3 is 9.64 Å². The Bertz CT molecular complexity index is 1340. The molecule has 1 fully saturated rings. The molecular weight excluding hydrogens is 454 g/mol. The number of thioether (sulfide) groups is 1. The minimum Gasteiger partial charge on any atom is -0.497 e. The second kappa shape index (κ2) is 9.41. The summed E-state index contributed by atoms with van der Waals surface area (Å²) in [6.45, 7) is 1.23. The van der Waals surface area contributed by atoms with Crippen LogP contribution >= 0.6 is 23.1 Å². The molecule has 1 amide bonds. The maximum absolute atomic E-state index is 13.2. The fourth-order valence-corrected chi connectivity index (χ4v) is 5.66. The van der Waals surface area contributed by atoms with Crippen LogP contribution in [0.25, 0.3) is 10.2 Å². The normalized spacial score (nSPS) is 13.7. The van der Waals surface area contributed by atoms with E-state index in [4.69, 9.17) is 9.72 Å². The van der Waals surface area contributed by atoms with E-state index < -0.39 is 0 Å². The van der Waals surface area contributed by atoms with Crippen molar-refractivity contribution < 1.29 is 9.53 Å². The van der Waals surface area contributed by atoms with Crippen LogP contribution in [0.15, 0.2) is 69.9 Å². The first-order valence-electron chi connectivity index (χ1n) is 10.8. The number of hydrogen-bond acceptors (Lipinski definition) is 6. The van der Waals surface area contributed by atoms with E-state index in [9.17, 15) is 9.59 Å². The van der Waals surface area contributed by atoms with Crippen LogP contribution < -0.4 is 15.2 Å². The van der Waals surface area contributed by atoms with Crippen LogP contribution in [-0.2, 0) is 17.1 Å². The molecule has 0 atom stereocenters. The van der Waals surface area contributed by atoms with Crippen molar-refractivity contribution in [3.63, 3.8) is 0 Å². The van der Waals surface area contributed by atoms with Crippen molar-refractivity contribution in [1.82, 2.24) is 9.55 Å².